The fourth-order valence-corrected chi connectivity index (χ4v) is 3.64. The van der Waals surface area contributed by atoms with E-state index in [1.54, 1.807) is 6.92 Å². The Kier molecular flexibility index (Phi) is 5.83. The molecule has 0 spiro atoms. The van der Waals surface area contributed by atoms with E-state index in [4.69, 9.17) is 0 Å². The second kappa shape index (κ2) is 8.27. The van der Waals surface area contributed by atoms with E-state index in [2.05, 4.69) is 15.5 Å². The average molecular weight is 345 g/mol. The Balaban J connectivity index is 1.44. The van der Waals surface area contributed by atoms with Gasteiger partial charge >= 0.3 is 0 Å². The number of amides is 2. The van der Waals surface area contributed by atoms with Crippen molar-refractivity contribution in [1.29, 1.82) is 0 Å². The predicted molar refractivity (Wildman–Crippen MR) is 95.0 cm³/mol. The normalized spacial score (nSPS) is 20.8. The van der Waals surface area contributed by atoms with Crippen LogP contribution in [-0.2, 0) is 16.0 Å². The van der Waals surface area contributed by atoms with Gasteiger partial charge in [-0.15, -0.1) is 5.10 Å². The molecule has 3 heterocycles. The molecule has 1 N–H and O–H groups in total. The zero-order valence-electron chi connectivity index (χ0n) is 14.9. The summed E-state index contributed by atoms with van der Waals surface area (Å²) in [5.41, 5.74) is 0.968. The average Bonchev–Trinajstić information content (AvgIpc) is 3.02. The highest BCUT2D eigenvalue weighted by Gasteiger charge is 2.22. The monoisotopic (exact) mass is 345 g/mol. The number of piperidine rings is 1. The molecule has 0 aromatic carbocycles. The van der Waals surface area contributed by atoms with Crippen molar-refractivity contribution < 1.29 is 9.59 Å². The van der Waals surface area contributed by atoms with Crippen molar-refractivity contribution in [3.05, 3.63) is 17.8 Å². The molecule has 2 amide bonds. The molecule has 2 aliphatic heterocycles. The minimum Gasteiger partial charge on any atom is -0.367 e. The number of anilines is 1. The molecule has 1 aromatic rings. The van der Waals surface area contributed by atoms with Crippen LogP contribution < -0.4 is 5.32 Å². The van der Waals surface area contributed by atoms with Gasteiger partial charge in [0.05, 0.1) is 5.69 Å². The Morgan fingerprint density at radius 3 is 2.84 bits per heavy atom. The van der Waals surface area contributed by atoms with Crippen LogP contribution in [0.1, 0.15) is 38.3 Å². The third-order valence-corrected chi connectivity index (χ3v) is 5.04. The number of hydrogen-bond donors (Lipinski definition) is 1. The molecule has 25 heavy (non-hydrogen) atoms. The summed E-state index contributed by atoms with van der Waals surface area (Å²) in [6.45, 7) is 5.60. The third-order valence-electron chi connectivity index (χ3n) is 5.04. The largest absolute Gasteiger partial charge is 0.367 e. The first-order valence-corrected chi connectivity index (χ1v) is 9.21. The van der Waals surface area contributed by atoms with Crippen molar-refractivity contribution >= 4 is 17.6 Å². The SMILES string of the molecule is CC(=O)N1CCC[C@H](Cc2ccc(NCCN3CCCC3=O)nn2)C1. The van der Waals surface area contributed by atoms with Gasteiger partial charge in [-0.3, -0.25) is 9.59 Å². The lowest BCUT2D eigenvalue weighted by Gasteiger charge is -2.31. The van der Waals surface area contributed by atoms with Crippen molar-refractivity contribution in [2.45, 2.75) is 39.0 Å². The maximum absolute atomic E-state index is 11.6. The minimum absolute atomic E-state index is 0.159. The van der Waals surface area contributed by atoms with Gasteiger partial charge in [0.25, 0.3) is 0 Å². The first kappa shape index (κ1) is 17.6. The van der Waals surface area contributed by atoms with E-state index in [1.165, 1.54) is 0 Å². The number of carbonyl (C=O) groups excluding carboxylic acids is 2. The molecule has 7 heteroatoms. The molecule has 2 fully saturated rings. The van der Waals surface area contributed by atoms with Gasteiger partial charge in [0.2, 0.25) is 11.8 Å². The first-order valence-electron chi connectivity index (χ1n) is 9.21. The molecule has 3 rings (SSSR count). The van der Waals surface area contributed by atoms with Crippen LogP contribution in [-0.4, -0.2) is 64.5 Å². The molecular formula is C18H27N5O2. The Morgan fingerprint density at radius 2 is 2.16 bits per heavy atom. The minimum atomic E-state index is 0.159. The summed E-state index contributed by atoms with van der Waals surface area (Å²) in [5, 5.41) is 11.8. The fraction of sp³-hybridized carbons (Fsp3) is 0.667. The summed E-state index contributed by atoms with van der Waals surface area (Å²) in [7, 11) is 0. The van der Waals surface area contributed by atoms with Gasteiger partial charge in [-0.2, -0.15) is 5.10 Å². The predicted octanol–water partition coefficient (Wildman–Crippen LogP) is 1.31. The Bertz CT molecular complexity index is 604. The molecule has 0 bridgehead atoms. The number of aromatic nitrogens is 2. The second-order valence-corrected chi connectivity index (χ2v) is 7.00. The van der Waals surface area contributed by atoms with Gasteiger partial charge in [0, 0.05) is 46.1 Å². The molecule has 0 aliphatic carbocycles. The van der Waals surface area contributed by atoms with E-state index >= 15 is 0 Å². The number of hydrogen-bond acceptors (Lipinski definition) is 5. The highest BCUT2D eigenvalue weighted by molar-refractivity contribution is 5.78. The lowest BCUT2D eigenvalue weighted by molar-refractivity contribution is -0.130. The zero-order valence-corrected chi connectivity index (χ0v) is 14.9. The summed E-state index contributed by atoms with van der Waals surface area (Å²) in [6, 6.07) is 3.95. The van der Waals surface area contributed by atoms with Crippen LogP contribution in [0.25, 0.3) is 0 Å². The molecule has 0 saturated carbocycles. The molecule has 0 radical (unpaired) electrons. The van der Waals surface area contributed by atoms with E-state index in [-0.39, 0.29) is 11.8 Å². The molecule has 2 saturated heterocycles. The molecule has 1 aromatic heterocycles. The molecule has 2 aliphatic rings. The molecular weight excluding hydrogens is 318 g/mol. The topological polar surface area (TPSA) is 78.4 Å². The second-order valence-electron chi connectivity index (χ2n) is 7.00. The maximum Gasteiger partial charge on any atom is 0.222 e. The van der Waals surface area contributed by atoms with Gasteiger partial charge in [0.1, 0.15) is 5.82 Å². The summed E-state index contributed by atoms with van der Waals surface area (Å²) in [5.74, 6) is 1.61. The molecule has 7 nitrogen and oxygen atoms in total. The number of likely N-dealkylation sites (tertiary alicyclic amines) is 2. The molecule has 0 unspecified atom stereocenters. The lowest BCUT2D eigenvalue weighted by Crippen LogP contribution is -2.39. The van der Waals surface area contributed by atoms with Gasteiger partial charge in [0.15, 0.2) is 0 Å². The Hall–Kier alpha value is -2.18. The van der Waals surface area contributed by atoms with Gasteiger partial charge < -0.3 is 15.1 Å². The number of nitrogens with zero attached hydrogens (tertiary/aromatic N) is 4. The third kappa shape index (κ3) is 4.90. The zero-order chi connectivity index (χ0) is 17.6. The maximum atomic E-state index is 11.6. The highest BCUT2D eigenvalue weighted by atomic mass is 16.2. The quantitative estimate of drug-likeness (QED) is 0.841. The van der Waals surface area contributed by atoms with E-state index in [1.807, 2.05) is 21.9 Å². The van der Waals surface area contributed by atoms with Crippen LogP contribution in [0.5, 0.6) is 0 Å². The summed E-state index contributed by atoms with van der Waals surface area (Å²) >= 11 is 0. The van der Waals surface area contributed by atoms with Crippen molar-refractivity contribution in [1.82, 2.24) is 20.0 Å². The summed E-state index contributed by atoms with van der Waals surface area (Å²) in [6.07, 6.45) is 4.70. The van der Waals surface area contributed by atoms with E-state index in [0.29, 0.717) is 25.4 Å². The van der Waals surface area contributed by atoms with Crippen molar-refractivity contribution in [2.75, 3.05) is 38.0 Å². The van der Waals surface area contributed by atoms with Crippen LogP contribution in [0.15, 0.2) is 12.1 Å². The number of nitrogens with one attached hydrogen (secondary N) is 1. The smallest absolute Gasteiger partial charge is 0.222 e. The van der Waals surface area contributed by atoms with Crippen LogP contribution in [0.2, 0.25) is 0 Å². The highest BCUT2D eigenvalue weighted by Crippen LogP contribution is 2.20. The molecule has 136 valence electrons. The Morgan fingerprint density at radius 1 is 1.28 bits per heavy atom. The van der Waals surface area contributed by atoms with E-state index in [0.717, 1.165) is 56.8 Å². The standard InChI is InChI=1S/C18H27N5O2/c1-14(24)23-10-2-4-15(13-23)12-16-6-7-17(21-20-16)19-8-11-22-9-3-5-18(22)25/h6-7,15H,2-5,8-13H2,1H3,(H,19,21)/t15-/m1/s1. The van der Waals surface area contributed by atoms with Crippen molar-refractivity contribution in [2.24, 2.45) is 5.92 Å². The van der Waals surface area contributed by atoms with Crippen molar-refractivity contribution in [3.8, 4) is 0 Å². The van der Waals surface area contributed by atoms with Crippen LogP contribution in [0.4, 0.5) is 5.82 Å². The van der Waals surface area contributed by atoms with E-state index in [9.17, 15) is 9.59 Å². The van der Waals surface area contributed by atoms with Crippen LogP contribution >= 0.6 is 0 Å². The summed E-state index contributed by atoms with van der Waals surface area (Å²) < 4.78 is 0. The number of rotatable bonds is 6. The number of carbonyl (C=O) groups is 2. The van der Waals surface area contributed by atoms with Crippen molar-refractivity contribution in [3.63, 3.8) is 0 Å². The van der Waals surface area contributed by atoms with Crippen LogP contribution in [0, 0.1) is 5.92 Å². The fourth-order valence-electron chi connectivity index (χ4n) is 3.64. The first-order chi connectivity index (χ1) is 12.1. The lowest BCUT2D eigenvalue weighted by atomic mass is 9.93. The van der Waals surface area contributed by atoms with Gasteiger partial charge in [-0.25, -0.2) is 0 Å². The van der Waals surface area contributed by atoms with Crippen LogP contribution in [0.3, 0.4) is 0 Å². The van der Waals surface area contributed by atoms with Gasteiger partial charge in [-0.05, 0) is 43.7 Å². The molecule has 1 atom stereocenters. The van der Waals surface area contributed by atoms with E-state index < -0.39 is 0 Å². The van der Waals surface area contributed by atoms with Gasteiger partial charge in [-0.1, -0.05) is 0 Å². The summed E-state index contributed by atoms with van der Waals surface area (Å²) in [4.78, 5) is 26.9. The Labute approximate surface area is 148 Å².